The average Bonchev–Trinajstić information content (AvgIpc) is 3.15. The molecule has 1 saturated carbocycles. The highest BCUT2D eigenvalue weighted by Crippen LogP contribution is 2.31. The zero-order valence-electron chi connectivity index (χ0n) is 12.2. The summed E-state index contributed by atoms with van der Waals surface area (Å²) >= 11 is 0. The monoisotopic (exact) mass is 269 g/mol. The Kier molecular flexibility index (Phi) is 4.05. The second-order valence-electron chi connectivity index (χ2n) is 5.57. The molecule has 3 rings (SSSR count). The number of aromatic nitrogens is 2. The number of rotatable bonds is 5. The lowest BCUT2D eigenvalue weighted by Crippen LogP contribution is -2.11. The molecular weight excluding hydrogens is 246 g/mol. The van der Waals surface area contributed by atoms with Gasteiger partial charge in [-0.2, -0.15) is 0 Å². The molecule has 1 aliphatic carbocycles. The number of hydrogen-bond acceptors (Lipinski definition) is 2. The smallest absolute Gasteiger partial charge is 0.203 e. The molecule has 2 aromatic rings. The van der Waals surface area contributed by atoms with Crippen molar-refractivity contribution in [1.82, 2.24) is 9.55 Å². The van der Waals surface area contributed by atoms with Crippen molar-refractivity contribution in [2.45, 2.75) is 51.6 Å². The Hall–Kier alpha value is -1.77. The van der Waals surface area contributed by atoms with Crippen LogP contribution in [0.15, 0.2) is 36.7 Å². The first-order chi connectivity index (χ1) is 9.88. The number of nitrogens with one attached hydrogen (secondary N) is 1. The van der Waals surface area contributed by atoms with Crippen LogP contribution in [-0.2, 0) is 13.0 Å². The molecule has 106 valence electrons. The van der Waals surface area contributed by atoms with Crippen LogP contribution in [0.4, 0.5) is 5.95 Å². The Labute approximate surface area is 121 Å². The molecule has 1 aromatic heterocycles. The van der Waals surface area contributed by atoms with Gasteiger partial charge >= 0.3 is 0 Å². The zero-order chi connectivity index (χ0) is 13.8. The number of benzene rings is 1. The predicted octanol–water partition coefficient (Wildman–Crippen LogP) is 4.17. The first-order valence-corrected chi connectivity index (χ1v) is 7.72. The Balaban J connectivity index is 1.71. The summed E-state index contributed by atoms with van der Waals surface area (Å²) in [6.45, 7) is 3.06. The van der Waals surface area contributed by atoms with Crippen LogP contribution in [0.25, 0.3) is 0 Å². The molecule has 1 N–H and O–H groups in total. The van der Waals surface area contributed by atoms with Crippen LogP contribution in [0, 0.1) is 0 Å². The first kappa shape index (κ1) is 13.2. The Bertz CT molecular complexity index is 553. The molecule has 0 amide bonds. The van der Waals surface area contributed by atoms with E-state index in [1.165, 1.54) is 36.8 Å². The third kappa shape index (κ3) is 2.72. The molecule has 3 nitrogen and oxygen atoms in total. The van der Waals surface area contributed by atoms with Crippen LogP contribution in [0.3, 0.4) is 0 Å². The maximum absolute atomic E-state index is 4.48. The molecular formula is C17H23N3. The van der Waals surface area contributed by atoms with E-state index in [2.05, 4.69) is 52.3 Å². The van der Waals surface area contributed by atoms with E-state index < -0.39 is 0 Å². The van der Waals surface area contributed by atoms with Crippen LogP contribution in [-0.4, -0.2) is 9.55 Å². The number of imidazole rings is 1. The first-order valence-electron chi connectivity index (χ1n) is 7.72. The molecule has 0 bridgehead atoms. The Morgan fingerprint density at radius 2 is 1.95 bits per heavy atom. The molecule has 20 heavy (non-hydrogen) atoms. The fourth-order valence-corrected chi connectivity index (χ4v) is 3.18. The molecule has 1 heterocycles. The molecule has 1 fully saturated rings. The van der Waals surface area contributed by atoms with E-state index in [0.29, 0.717) is 6.04 Å². The minimum Gasteiger partial charge on any atom is -0.352 e. The molecule has 1 aromatic carbocycles. The van der Waals surface area contributed by atoms with Crippen LogP contribution in [0.1, 0.15) is 49.8 Å². The molecule has 0 atom stereocenters. The summed E-state index contributed by atoms with van der Waals surface area (Å²) in [5.74, 6) is 1.02. The fourth-order valence-electron chi connectivity index (χ4n) is 3.18. The van der Waals surface area contributed by atoms with Crippen LogP contribution >= 0.6 is 0 Å². The topological polar surface area (TPSA) is 29.9 Å². The Morgan fingerprint density at radius 3 is 2.70 bits per heavy atom. The number of nitrogens with zero attached hydrogens (tertiary/aromatic N) is 2. The highest BCUT2D eigenvalue weighted by Gasteiger charge is 2.19. The standard InChI is InChI=1S/C17H23N3/c1-2-14-7-3-4-8-15(14)13-19-17-18-11-12-20(17)16-9-5-6-10-16/h3-4,7-8,11-12,16H,2,5-6,9-10,13H2,1H3,(H,18,19). The minimum atomic E-state index is 0.640. The van der Waals surface area contributed by atoms with Gasteiger partial charge in [-0.1, -0.05) is 44.0 Å². The molecule has 3 heteroatoms. The number of aryl methyl sites for hydroxylation is 1. The van der Waals surface area contributed by atoms with Crippen molar-refractivity contribution < 1.29 is 0 Å². The van der Waals surface area contributed by atoms with E-state index >= 15 is 0 Å². The second kappa shape index (κ2) is 6.12. The third-order valence-corrected chi connectivity index (χ3v) is 4.32. The lowest BCUT2D eigenvalue weighted by atomic mass is 10.1. The third-order valence-electron chi connectivity index (χ3n) is 4.32. The van der Waals surface area contributed by atoms with Crippen molar-refractivity contribution in [3.63, 3.8) is 0 Å². The molecule has 1 aliphatic rings. The summed E-state index contributed by atoms with van der Waals surface area (Å²) in [5.41, 5.74) is 2.79. The van der Waals surface area contributed by atoms with Gasteiger partial charge in [-0.25, -0.2) is 4.98 Å². The Morgan fingerprint density at radius 1 is 1.20 bits per heavy atom. The van der Waals surface area contributed by atoms with Gasteiger partial charge in [-0.3, -0.25) is 0 Å². The van der Waals surface area contributed by atoms with Gasteiger partial charge < -0.3 is 9.88 Å². The van der Waals surface area contributed by atoms with E-state index in [9.17, 15) is 0 Å². The average molecular weight is 269 g/mol. The fraction of sp³-hybridized carbons (Fsp3) is 0.471. The van der Waals surface area contributed by atoms with Crippen LogP contribution in [0.2, 0.25) is 0 Å². The van der Waals surface area contributed by atoms with E-state index in [0.717, 1.165) is 18.9 Å². The summed E-state index contributed by atoms with van der Waals surface area (Å²) in [6, 6.07) is 9.28. The summed E-state index contributed by atoms with van der Waals surface area (Å²) in [6.07, 6.45) is 10.4. The maximum Gasteiger partial charge on any atom is 0.203 e. The van der Waals surface area contributed by atoms with Gasteiger partial charge in [0.15, 0.2) is 0 Å². The van der Waals surface area contributed by atoms with Crippen molar-refractivity contribution in [2.24, 2.45) is 0 Å². The largest absolute Gasteiger partial charge is 0.352 e. The van der Waals surface area contributed by atoms with E-state index in [1.807, 2.05) is 6.20 Å². The SMILES string of the molecule is CCc1ccccc1CNc1nccn1C1CCCC1. The van der Waals surface area contributed by atoms with Crippen LogP contribution in [0.5, 0.6) is 0 Å². The van der Waals surface area contributed by atoms with Crippen molar-refractivity contribution >= 4 is 5.95 Å². The summed E-state index contributed by atoms with van der Waals surface area (Å²) < 4.78 is 2.32. The zero-order valence-corrected chi connectivity index (χ0v) is 12.2. The number of hydrogen-bond donors (Lipinski definition) is 1. The molecule has 0 unspecified atom stereocenters. The van der Waals surface area contributed by atoms with Crippen molar-refractivity contribution in [1.29, 1.82) is 0 Å². The highest BCUT2D eigenvalue weighted by atomic mass is 15.2. The highest BCUT2D eigenvalue weighted by molar-refractivity contribution is 5.33. The summed E-state index contributed by atoms with van der Waals surface area (Å²) in [5, 5.41) is 3.51. The maximum atomic E-state index is 4.48. The van der Waals surface area contributed by atoms with E-state index in [4.69, 9.17) is 0 Å². The van der Waals surface area contributed by atoms with E-state index in [-0.39, 0.29) is 0 Å². The lowest BCUT2D eigenvalue weighted by Gasteiger charge is -2.16. The van der Waals surface area contributed by atoms with Crippen molar-refractivity contribution in [2.75, 3.05) is 5.32 Å². The second-order valence-corrected chi connectivity index (χ2v) is 5.57. The normalized spacial score (nSPS) is 15.7. The van der Waals surface area contributed by atoms with Crippen molar-refractivity contribution in [3.05, 3.63) is 47.8 Å². The van der Waals surface area contributed by atoms with Gasteiger partial charge in [0.1, 0.15) is 0 Å². The van der Waals surface area contributed by atoms with Gasteiger partial charge in [-0.15, -0.1) is 0 Å². The molecule has 0 saturated heterocycles. The minimum absolute atomic E-state index is 0.640. The van der Waals surface area contributed by atoms with Crippen LogP contribution < -0.4 is 5.32 Å². The van der Waals surface area contributed by atoms with Gasteiger partial charge in [0, 0.05) is 25.0 Å². The molecule has 0 aliphatic heterocycles. The quantitative estimate of drug-likeness (QED) is 0.882. The van der Waals surface area contributed by atoms with Gasteiger partial charge in [0.2, 0.25) is 5.95 Å². The molecule has 0 spiro atoms. The lowest BCUT2D eigenvalue weighted by molar-refractivity contribution is 0.523. The van der Waals surface area contributed by atoms with E-state index in [1.54, 1.807) is 0 Å². The van der Waals surface area contributed by atoms with Gasteiger partial charge in [-0.05, 0) is 30.4 Å². The number of anilines is 1. The van der Waals surface area contributed by atoms with Gasteiger partial charge in [0.05, 0.1) is 0 Å². The predicted molar refractivity (Wildman–Crippen MR) is 82.9 cm³/mol. The van der Waals surface area contributed by atoms with Gasteiger partial charge in [0.25, 0.3) is 0 Å². The summed E-state index contributed by atoms with van der Waals surface area (Å²) in [7, 11) is 0. The summed E-state index contributed by atoms with van der Waals surface area (Å²) in [4.78, 5) is 4.48. The van der Waals surface area contributed by atoms with Crippen molar-refractivity contribution in [3.8, 4) is 0 Å². The molecule has 0 radical (unpaired) electrons.